The largest absolute Gasteiger partial charge is 0.468 e. The molecule has 1 aromatic heterocycles. The van der Waals surface area contributed by atoms with Gasteiger partial charge in [-0.1, -0.05) is 0 Å². The van der Waals surface area contributed by atoms with E-state index in [1.807, 2.05) is 17.9 Å². The highest BCUT2D eigenvalue weighted by molar-refractivity contribution is 5.76. The first-order valence-corrected chi connectivity index (χ1v) is 7.54. The van der Waals surface area contributed by atoms with Crippen LogP contribution < -0.4 is 10.1 Å². The molecule has 25 heavy (non-hydrogen) atoms. The van der Waals surface area contributed by atoms with Crippen molar-refractivity contribution in [3.63, 3.8) is 0 Å². The molecule has 0 saturated carbocycles. The molecule has 1 aliphatic rings. The van der Waals surface area contributed by atoms with E-state index in [-0.39, 0.29) is 11.8 Å². The lowest BCUT2D eigenvalue weighted by Gasteiger charge is -2.34. The van der Waals surface area contributed by atoms with Gasteiger partial charge in [0.1, 0.15) is 0 Å². The second-order valence-corrected chi connectivity index (χ2v) is 5.66. The van der Waals surface area contributed by atoms with E-state index in [2.05, 4.69) is 20.0 Å². The molecule has 0 fully saturated rings. The Bertz CT molecular complexity index is 701. The average Bonchev–Trinajstić information content (AvgIpc) is 2.49. The zero-order chi connectivity index (χ0) is 18.6. The normalized spacial score (nSPS) is 17.3. The maximum atomic E-state index is 12.2. The number of aliphatic imine (C=N–C) groups is 1. The van der Waals surface area contributed by atoms with Crippen molar-refractivity contribution >= 4 is 12.1 Å². The van der Waals surface area contributed by atoms with Gasteiger partial charge in [0.15, 0.2) is 12.9 Å². The number of rotatable bonds is 5. The Morgan fingerprint density at radius 1 is 1.40 bits per heavy atom. The summed E-state index contributed by atoms with van der Waals surface area (Å²) in [5.74, 6) is -0.298. The third-order valence-corrected chi connectivity index (χ3v) is 3.54. The second-order valence-electron chi connectivity index (χ2n) is 5.66. The summed E-state index contributed by atoms with van der Waals surface area (Å²) >= 11 is 0. The highest BCUT2D eigenvalue weighted by atomic mass is 19.4. The van der Waals surface area contributed by atoms with Crippen molar-refractivity contribution in [3.05, 3.63) is 35.2 Å². The number of allylic oxidation sites excluding steroid dienone is 2. The van der Waals surface area contributed by atoms with Crippen LogP contribution in [0.25, 0.3) is 0 Å². The number of halogens is 3. The Labute approximate surface area is 143 Å². The molecule has 1 aliphatic heterocycles. The first-order valence-electron chi connectivity index (χ1n) is 7.54. The van der Waals surface area contributed by atoms with Gasteiger partial charge in [0.2, 0.25) is 11.8 Å². The van der Waals surface area contributed by atoms with Crippen LogP contribution in [0.3, 0.4) is 0 Å². The van der Waals surface area contributed by atoms with E-state index in [4.69, 9.17) is 0 Å². The summed E-state index contributed by atoms with van der Waals surface area (Å²) in [6.07, 6.45) is -0.0542. The minimum atomic E-state index is -4.41. The van der Waals surface area contributed by atoms with E-state index in [0.717, 1.165) is 16.8 Å². The predicted molar refractivity (Wildman–Crippen MR) is 85.9 cm³/mol. The summed E-state index contributed by atoms with van der Waals surface area (Å²) in [6.45, 7) is 4.05. The number of aromatic nitrogens is 1. The lowest BCUT2D eigenvalue weighted by atomic mass is 10.1. The van der Waals surface area contributed by atoms with Crippen molar-refractivity contribution in [3.8, 4) is 5.88 Å². The number of alkyl halides is 3. The topological polar surface area (TPSA) is 66.8 Å². The molecule has 0 aliphatic carbocycles. The van der Waals surface area contributed by atoms with Gasteiger partial charge in [-0.15, -0.1) is 0 Å². The van der Waals surface area contributed by atoms with Gasteiger partial charge in [0.25, 0.3) is 0 Å². The Morgan fingerprint density at radius 3 is 2.72 bits per heavy atom. The molecule has 0 saturated heterocycles. The van der Waals surface area contributed by atoms with Gasteiger partial charge in [-0.25, -0.2) is 9.98 Å². The van der Waals surface area contributed by atoms with Crippen LogP contribution in [0.5, 0.6) is 5.88 Å². The molecule has 0 radical (unpaired) electrons. The zero-order valence-electron chi connectivity index (χ0n) is 14.1. The molecule has 1 atom stereocenters. The maximum Gasteiger partial charge on any atom is 0.422 e. The molecule has 0 aromatic carbocycles. The monoisotopic (exact) mass is 356 g/mol. The van der Waals surface area contributed by atoms with E-state index in [1.165, 1.54) is 19.2 Å². The first-order chi connectivity index (χ1) is 11.7. The van der Waals surface area contributed by atoms with Crippen LogP contribution in [0, 0.1) is 6.92 Å². The third-order valence-electron chi connectivity index (χ3n) is 3.54. The molecule has 1 unspecified atom stereocenters. The van der Waals surface area contributed by atoms with Gasteiger partial charge < -0.3 is 15.0 Å². The Morgan fingerprint density at radius 2 is 2.12 bits per heavy atom. The second kappa shape index (κ2) is 7.54. The maximum absolute atomic E-state index is 12.2. The Hall–Kier alpha value is -2.58. The molecule has 6 nitrogen and oxygen atoms in total. The van der Waals surface area contributed by atoms with Crippen molar-refractivity contribution in [1.82, 2.24) is 15.2 Å². The standard InChI is InChI=1S/C16H19F3N4O2/c1-10-6-14(25-9-16(17,18)19)21-7-13(10)8-23-11(2)4-5-20-15(23)22-12(3)24/h4-7,15H,8-9H2,1-3H3,(H,22,24). The number of hydrogen-bond acceptors (Lipinski definition) is 5. The predicted octanol–water partition coefficient (Wildman–Crippen LogP) is 2.54. The van der Waals surface area contributed by atoms with Crippen LogP contribution >= 0.6 is 0 Å². The molecule has 0 bridgehead atoms. The van der Waals surface area contributed by atoms with Crippen LogP contribution in [0.15, 0.2) is 29.0 Å². The van der Waals surface area contributed by atoms with Gasteiger partial charge in [-0.05, 0) is 31.1 Å². The summed E-state index contributed by atoms with van der Waals surface area (Å²) in [5, 5.41) is 2.73. The molecule has 2 rings (SSSR count). The summed E-state index contributed by atoms with van der Waals surface area (Å²) in [4.78, 5) is 21.3. The van der Waals surface area contributed by atoms with Crippen LogP contribution in [-0.4, -0.2) is 41.1 Å². The van der Waals surface area contributed by atoms with E-state index in [1.54, 1.807) is 13.1 Å². The van der Waals surface area contributed by atoms with Crippen LogP contribution in [0.1, 0.15) is 25.0 Å². The number of carbonyl (C=O) groups excluding carboxylic acids is 1. The molecule has 1 aromatic rings. The molecular weight excluding hydrogens is 337 g/mol. The van der Waals surface area contributed by atoms with Crippen molar-refractivity contribution in [2.75, 3.05) is 6.61 Å². The van der Waals surface area contributed by atoms with Crippen molar-refractivity contribution in [1.29, 1.82) is 0 Å². The number of amides is 1. The average molecular weight is 356 g/mol. The fraction of sp³-hybridized carbons (Fsp3) is 0.438. The fourth-order valence-corrected chi connectivity index (χ4v) is 2.25. The summed E-state index contributed by atoms with van der Waals surface area (Å²) < 4.78 is 41.3. The number of nitrogens with one attached hydrogen (secondary N) is 1. The van der Waals surface area contributed by atoms with E-state index >= 15 is 0 Å². The minimum absolute atomic E-state index is 0.0825. The molecule has 0 spiro atoms. The fourth-order valence-electron chi connectivity index (χ4n) is 2.25. The summed E-state index contributed by atoms with van der Waals surface area (Å²) in [7, 11) is 0. The number of pyridine rings is 1. The SMILES string of the molecule is CC(=O)NC1N=CC=C(C)N1Cc1cnc(OCC(F)(F)F)cc1C. The van der Waals surface area contributed by atoms with Crippen molar-refractivity contribution < 1.29 is 22.7 Å². The molecular formula is C16H19F3N4O2. The van der Waals surface area contributed by atoms with E-state index in [0.29, 0.717) is 6.54 Å². The third kappa shape index (κ3) is 5.47. The van der Waals surface area contributed by atoms with Crippen LogP contribution in [0.4, 0.5) is 13.2 Å². The number of hydrogen-bond donors (Lipinski definition) is 1. The number of ether oxygens (including phenoxy) is 1. The van der Waals surface area contributed by atoms with Gasteiger partial charge >= 0.3 is 6.18 Å². The lowest BCUT2D eigenvalue weighted by Crippen LogP contribution is -2.46. The zero-order valence-corrected chi connectivity index (χ0v) is 14.1. The van der Waals surface area contributed by atoms with E-state index in [9.17, 15) is 18.0 Å². The van der Waals surface area contributed by atoms with Gasteiger partial charge in [0, 0.05) is 37.6 Å². The van der Waals surface area contributed by atoms with E-state index < -0.39 is 19.1 Å². The van der Waals surface area contributed by atoms with Crippen LogP contribution in [0.2, 0.25) is 0 Å². The van der Waals surface area contributed by atoms with Gasteiger partial charge in [0.05, 0.1) is 0 Å². The minimum Gasteiger partial charge on any atom is -0.468 e. The van der Waals surface area contributed by atoms with Gasteiger partial charge in [-0.3, -0.25) is 4.79 Å². The highest BCUT2D eigenvalue weighted by Crippen LogP contribution is 2.22. The molecule has 136 valence electrons. The number of nitrogens with zero attached hydrogens (tertiary/aromatic N) is 3. The lowest BCUT2D eigenvalue weighted by molar-refractivity contribution is -0.154. The molecule has 9 heteroatoms. The van der Waals surface area contributed by atoms with Crippen molar-refractivity contribution in [2.45, 2.75) is 39.8 Å². The van der Waals surface area contributed by atoms with Crippen LogP contribution in [-0.2, 0) is 11.3 Å². The smallest absolute Gasteiger partial charge is 0.422 e. The Kier molecular flexibility index (Phi) is 5.66. The Balaban J connectivity index is 2.11. The first kappa shape index (κ1) is 18.8. The summed E-state index contributed by atoms with van der Waals surface area (Å²) in [6, 6.07) is 1.46. The number of carbonyl (C=O) groups is 1. The molecule has 1 amide bonds. The summed E-state index contributed by atoms with van der Waals surface area (Å²) in [5.41, 5.74) is 2.42. The molecule has 1 N–H and O–H groups in total. The van der Waals surface area contributed by atoms with Gasteiger partial charge in [-0.2, -0.15) is 13.2 Å². The highest BCUT2D eigenvalue weighted by Gasteiger charge is 2.29. The number of aryl methyl sites for hydroxylation is 1. The quantitative estimate of drug-likeness (QED) is 0.880. The van der Waals surface area contributed by atoms with Crippen molar-refractivity contribution in [2.24, 2.45) is 4.99 Å². The molecule has 2 heterocycles.